The smallest absolute Gasteiger partial charge is 0.271 e. The van der Waals surface area contributed by atoms with Gasteiger partial charge in [-0.25, -0.2) is 18.3 Å². The number of aromatic nitrogens is 3. The minimum absolute atomic E-state index is 0.0133. The molecule has 0 saturated heterocycles. The van der Waals surface area contributed by atoms with Crippen molar-refractivity contribution in [2.75, 3.05) is 0 Å². The van der Waals surface area contributed by atoms with Crippen LogP contribution in [0, 0.1) is 16.7 Å². The minimum Gasteiger partial charge on any atom is -0.271 e. The Morgan fingerprint density at radius 1 is 1.24 bits per heavy atom. The summed E-state index contributed by atoms with van der Waals surface area (Å²) in [5, 5.41) is 13.7. The van der Waals surface area contributed by atoms with Gasteiger partial charge in [0, 0.05) is 12.0 Å². The van der Waals surface area contributed by atoms with Gasteiger partial charge in [0.1, 0.15) is 5.82 Å². The number of benzene rings is 1. The molecule has 4 aliphatic rings. The van der Waals surface area contributed by atoms with E-state index in [1.165, 1.54) is 12.1 Å². The summed E-state index contributed by atoms with van der Waals surface area (Å²) in [6.45, 7) is 0. The Balaban J connectivity index is 1.49. The molecule has 5 nitrogen and oxygen atoms in total. The average Bonchev–Trinajstić information content (AvgIpc) is 3.07. The van der Waals surface area contributed by atoms with Crippen LogP contribution in [0.1, 0.15) is 55.1 Å². The molecule has 7 heteroatoms. The first-order valence-corrected chi connectivity index (χ1v) is 8.47. The number of nitrogens with zero attached hydrogens (tertiary/aromatic N) is 4. The third kappa shape index (κ3) is 1.80. The van der Waals surface area contributed by atoms with Crippen LogP contribution in [0.15, 0.2) is 29.1 Å². The Morgan fingerprint density at radius 3 is 2.52 bits per heavy atom. The Labute approximate surface area is 142 Å². The number of nitriles is 1. The van der Waals surface area contributed by atoms with Gasteiger partial charge >= 0.3 is 5.69 Å². The number of alkyl halides is 2. The maximum Gasteiger partial charge on any atom is 0.347 e. The summed E-state index contributed by atoms with van der Waals surface area (Å²) >= 11 is 0. The molecule has 1 atom stereocenters. The lowest BCUT2D eigenvalue weighted by molar-refractivity contribution is -0.155. The zero-order chi connectivity index (χ0) is 17.4. The van der Waals surface area contributed by atoms with Gasteiger partial charge in [-0.05, 0) is 31.2 Å². The van der Waals surface area contributed by atoms with Crippen molar-refractivity contribution in [3.05, 3.63) is 51.7 Å². The molecule has 1 unspecified atom stereocenters. The van der Waals surface area contributed by atoms with Gasteiger partial charge in [-0.15, -0.1) is 0 Å². The van der Waals surface area contributed by atoms with Crippen LogP contribution in [0.25, 0.3) is 0 Å². The first-order valence-electron chi connectivity index (χ1n) is 8.47. The molecule has 25 heavy (non-hydrogen) atoms. The highest BCUT2D eigenvalue weighted by Gasteiger charge is 2.71. The molecule has 0 amide bonds. The fourth-order valence-electron chi connectivity index (χ4n) is 4.86. The quantitative estimate of drug-likeness (QED) is 0.861. The van der Waals surface area contributed by atoms with Crippen LogP contribution in [-0.4, -0.2) is 14.3 Å². The second-order valence-corrected chi connectivity index (χ2v) is 7.65. The van der Waals surface area contributed by atoms with Crippen molar-refractivity contribution in [3.63, 3.8) is 0 Å². The Bertz CT molecular complexity index is 947. The molecule has 2 bridgehead atoms. The second kappa shape index (κ2) is 4.57. The molecule has 0 N–H and O–H groups in total. The van der Waals surface area contributed by atoms with Crippen molar-refractivity contribution < 1.29 is 8.78 Å². The maximum absolute atomic E-state index is 12.9. The fraction of sp³-hybridized carbons (Fsp3) is 0.500. The molecule has 1 aliphatic heterocycles. The Hall–Kier alpha value is -2.49. The summed E-state index contributed by atoms with van der Waals surface area (Å²) in [6, 6.07) is 8.39. The van der Waals surface area contributed by atoms with E-state index in [9.17, 15) is 13.6 Å². The molecule has 1 aromatic heterocycles. The van der Waals surface area contributed by atoms with Gasteiger partial charge in [0.25, 0.3) is 6.43 Å². The van der Waals surface area contributed by atoms with Gasteiger partial charge < -0.3 is 0 Å². The summed E-state index contributed by atoms with van der Waals surface area (Å²) in [5.41, 5.74) is 0.199. The molecular formula is C18H16F2N4O. The van der Waals surface area contributed by atoms with E-state index in [4.69, 9.17) is 5.26 Å². The van der Waals surface area contributed by atoms with Crippen LogP contribution in [0.3, 0.4) is 0 Å². The first kappa shape index (κ1) is 14.8. The molecule has 2 aromatic rings. The molecule has 2 heterocycles. The fourth-order valence-corrected chi connectivity index (χ4v) is 4.86. The molecule has 3 fully saturated rings. The second-order valence-electron chi connectivity index (χ2n) is 7.65. The number of hydrogen-bond donors (Lipinski definition) is 0. The van der Waals surface area contributed by atoms with E-state index in [1.807, 2.05) is 0 Å². The topological polar surface area (TPSA) is 63.6 Å². The van der Waals surface area contributed by atoms with E-state index in [2.05, 4.69) is 11.2 Å². The normalized spacial score (nSPS) is 32.0. The molecule has 128 valence electrons. The zero-order valence-corrected chi connectivity index (χ0v) is 13.5. The van der Waals surface area contributed by atoms with E-state index in [0.717, 1.165) is 17.8 Å². The maximum atomic E-state index is 12.9. The highest BCUT2D eigenvalue weighted by Crippen LogP contribution is 2.70. The minimum atomic E-state index is -2.49. The summed E-state index contributed by atoms with van der Waals surface area (Å²) < 4.78 is 28.8. The number of aryl methyl sites for hydroxylation is 1. The van der Waals surface area contributed by atoms with Gasteiger partial charge in [-0.1, -0.05) is 24.3 Å². The van der Waals surface area contributed by atoms with Crippen molar-refractivity contribution in [1.29, 1.82) is 5.26 Å². The van der Waals surface area contributed by atoms with Gasteiger partial charge in [0.15, 0.2) is 0 Å². The number of hydrogen-bond acceptors (Lipinski definition) is 3. The van der Waals surface area contributed by atoms with Crippen LogP contribution in [-0.2, 0) is 12.0 Å². The lowest BCUT2D eigenvalue weighted by Gasteiger charge is -2.65. The third-order valence-corrected chi connectivity index (χ3v) is 6.10. The predicted molar refractivity (Wildman–Crippen MR) is 84.2 cm³/mol. The van der Waals surface area contributed by atoms with Crippen LogP contribution >= 0.6 is 0 Å². The number of fused-ring (bicyclic) bond motifs is 1. The SMILES string of the molecule is N#CC12CC(n3nc4n(c3=O)C(c3ccc(C(F)F)cc3)CC4)(C1)C2. The van der Waals surface area contributed by atoms with Crippen molar-refractivity contribution in [1.82, 2.24) is 14.3 Å². The summed E-state index contributed by atoms with van der Waals surface area (Å²) in [6.07, 6.45) is 1.09. The first-order chi connectivity index (χ1) is 12.0. The van der Waals surface area contributed by atoms with Crippen molar-refractivity contribution in [3.8, 4) is 6.07 Å². The molecule has 3 aliphatic carbocycles. The van der Waals surface area contributed by atoms with Crippen LogP contribution < -0.4 is 5.69 Å². The van der Waals surface area contributed by atoms with Crippen LogP contribution in [0.5, 0.6) is 0 Å². The summed E-state index contributed by atoms with van der Waals surface area (Å²) in [5.74, 6) is 0.753. The van der Waals surface area contributed by atoms with Gasteiger partial charge in [-0.2, -0.15) is 10.4 Å². The number of rotatable bonds is 3. The molecule has 6 rings (SSSR count). The van der Waals surface area contributed by atoms with Gasteiger partial charge in [-0.3, -0.25) is 4.57 Å². The lowest BCUT2D eigenvalue weighted by atomic mass is 9.40. The third-order valence-electron chi connectivity index (χ3n) is 6.10. The van der Waals surface area contributed by atoms with Crippen molar-refractivity contribution in [2.45, 2.75) is 50.1 Å². The van der Waals surface area contributed by atoms with Gasteiger partial charge in [0.2, 0.25) is 0 Å². The van der Waals surface area contributed by atoms with E-state index in [-0.39, 0.29) is 28.2 Å². The molecular weight excluding hydrogens is 326 g/mol. The van der Waals surface area contributed by atoms with Crippen molar-refractivity contribution >= 4 is 0 Å². The van der Waals surface area contributed by atoms with Crippen LogP contribution in [0.2, 0.25) is 0 Å². The largest absolute Gasteiger partial charge is 0.347 e. The Morgan fingerprint density at radius 2 is 1.92 bits per heavy atom. The lowest BCUT2D eigenvalue weighted by Crippen LogP contribution is -2.69. The molecule has 0 spiro atoms. The highest BCUT2D eigenvalue weighted by molar-refractivity contribution is 5.30. The van der Waals surface area contributed by atoms with Crippen LogP contribution in [0.4, 0.5) is 8.78 Å². The van der Waals surface area contributed by atoms with E-state index in [0.29, 0.717) is 25.7 Å². The molecule has 0 radical (unpaired) electrons. The van der Waals surface area contributed by atoms with E-state index < -0.39 is 6.43 Å². The van der Waals surface area contributed by atoms with E-state index in [1.54, 1.807) is 21.4 Å². The monoisotopic (exact) mass is 342 g/mol. The standard InChI is InChI=1S/C18H16F2N4O/c19-15(20)12-3-1-11(2-4-12)13-5-6-14-22-24(16(25)23(13)14)18-7-17(8-18,9-18)10-21/h1-4,13,15H,5-9H2. The molecule has 3 saturated carbocycles. The zero-order valence-electron chi connectivity index (χ0n) is 13.5. The Kier molecular flexibility index (Phi) is 2.71. The predicted octanol–water partition coefficient (Wildman–Crippen LogP) is 2.92. The van der Waals surface area contributed by atoms with Gasteiger partial charge in [0.05, 0.1) is 23.1 Å². The summed E-state index contributed by atoms with van der Waals surface area (Å²) in [4.78, 5) is 12.9. The highest BCUT2D eigenvalue weighted by atomic mass is 19.3. The van der Waals surface area contributed by atoms with Crippen molar-refractivity contribution in [2.24, 2.45) is 5.41 Å². The summed E-state index contributed by atoms with van der Waals surface area (Å²) in [7, 11) is 0. The molecule has 1 aromatic carbocycles. The van der Waals surface area contributed by atoms with E-state index >= 15 is 0 Å². The number of halogens is 2. The average molecular weight is 342 g/mol.